The molecule has 0 rings (SSSR count). The Bertz CT molecular complexity index is 484. The van der Waals surface area contributed by atoms with Gasteiger partial charge < -0.3 is 32.5 Å². The van der Waals surface area contributed by atoms with E-state index in [1.54, 1.807) is 0 Å². The minimum Gasteiger partial charge on any atom is -0.480 e. The van der Waals surface area contributed by atoms with Crippen molar-refractivity contribution in [1.29, 1.82) is 0 Å². The van der Waals surface area contributed by atoms with Crippen molar-refractivity contribution >= 4 is 23.7 Å². The molecular formula is C16H31N5O5. The zero-order chi connectivity index (χ0) is 20.1. The molecule has 0 aromatic rings. The van der Waals surface area contributed by atoms with Crippen molar-refractivity contribution in [1.82, 2.24) is 16.0 Å². The van der Waals surface area contributed by atoms with Crippen molar-refractivity contribution in [3.05, 3.63) is 0 Å². The van der Waals surface area contributed by atoms with E-state index in [1.165, 1.54) is 0 Å². The zero-order valence-corrected chi connectivity index (χ0v) is 15.4. The molecule has 0 spiro atoms. The predicted molar refractivity (Wildman–Crippen MR) is 95.9 cm³/mol. The van der Waals surface area contributed by atoms with Gasteiger partial charge in [0.25, 0.3) is 0 Å². The van der Waals surface area contributed by atoms with E-state index in [-0.39, 0.29) is 12.5 Å². The standard InChI is InChI=1S/C16H31N5O5/c1-10(2)7-12(21-15(25)11(18)5-3-4-6-17)16(26)20-8-13(22)19-9-14(23)24/h10-12H,3-9,17-18H2,1-2H3,(H,19,22)(H,20,26)(H,21,25)(H,23,24). The lowest BCUT2D eigenvalue weighted by atomic mass is 10.0. The largest absolute Gasteiger partial charge is 0.480 e. The van der Waals surface area contributed by atoms with E-state index in [0.29, 0.717) is 19.4 Å². The summed E-state index contributed by atoms with van der Waals surface area (Å²) in [5, 5.41) is 15.6. The summed E-state index contributed by atoms with van der Waals surface area (Å²) in [4.78, 5) is 46.3. The molecule has 0 aromatic heterocycles. The fourth-order valence-electron chi connectivity index (χ4n) is 2.15. The van der Waals surface area contributed by atoms with Gasteiger partial charge in [-0.15, -0.1) is 0 Å². The van der Waals surface area contributed by atoms with Crippen LogP contribution in [0.5, 0.6) is 0 Å². The maximum Gasteiger partial charge on any atom is 0.322 e. The highest BCUT2D eigenvalue weighted by molar-refractivity contribution is 5.92. The Hall–Kier alpha value is -2.20. The Morgan fingerprint density at radius 2 is 1.65 bits per heavy atom. The Labute approximate surface area is 153 Å². The molecular weight excluding hydrogens is 342 g/mol. The summed E-state index contributed by atoms with van der Waals surface area (Å²) < 4.78 is 0. The molecule has 0 aliphatic heterocycles. The van der Waals surface area contributed by atoms with Gasteiger partial charge in [0, 0.05) is 0 Å². The van der Waals surface area contributed by atoms with Crippen LogP contribution < -0.4 is 27.4 Å². The lowest BCUT2D eigenvalue weighted by Crippen LogP contribution is -2.53. The minimum absolute atomic E-state index is 0.125. The van der Waals surface area contributed by atoms with Crippen LogP contribution in [-0.4, -0.2) is 60.5 Å². The van der Waals surface area contributed by atoms with Gasteiger partial charge in [0.15, 0.2) is 0 Å². The summed E-state index contributed by atoms with van der Waals surface area (Å²) in [6.45, 7) is 3.41. The van der Waals surface area contributed by atoms with Gasteiger partial charge >= 0.3 is 5.97 Å². The highest BCUT2D eigenvalue weighted by atomic mass is 16.4. The monoisotopic (exact) mass is 373 g/mol. The lowest BCUT2D eigenvalue weighted by Gasteiger charge is -2.22. The molecule has 0 bridgehead atoms. The number of carboxylic acids is 1. The second kappa shape index (κ2) is 13.1. The number of aliphatic carboxylic acids is 1. The number of nitrogens with one attached hydrogen (secondary N) is 3. The fraction of sp³-hybridized carbons (Fsp3) is 0.750. The van der Waals surface area contributed by atoms with Gasteiger partial charge in [0.05, 0.1) is 12.6 Å². The third-order valence-electron chi connectivity index (χ3n) is 3.51. The number of unbranched alkanes of at least 4 members (excludes halogenated alkanes) is 1. The van der Waals surface area contributed by atoms with Crippen molar-refractivity contribution in [2.45, 2.75) is 51.6 Å². The van der Waals surface area contributed by atoms with Crippen LogP contribution in [0.1, 0.15) is 39.5 Å². The molecule has 0 saturated heterocycles. The Balaban J connectivity index is 4.56. The summed E-state index contributed by atoms with van der Waals surface area (Å²) in [7, 11) is 0. The van der Waals surface area contributed by atoms with Crippen LogP contribution in [-0.2, 0) is 19.2 Å². The van der Waals surface area contributed by atoms with Crippen LogP contribution in [0.3, 0.4) is 0 Å². The van der Waals surface area contributed by atoms with Crippen LogP contribution in [0.15, 0.2) is 0 Å². The molecule has 0 radical (unpaired) electrons. The van der Waals surface area contributed by atoms with Crippen LogP contribution in [0.2, 0.25) is 0 Å². The number of carboxylic acid groups (broad SMARTS) is 1. The average molecular weight is 373 g/mol. The molecule has 150 valence electrons. The molecule has 0 heterocycles. The SMILES string of the molecule is CC(C)CC(NC(=O)C(N)CCCCN)C(=O)NCC(=O)NCC(=O)O. The summed E-state index contributed by atoms with van der Waals surface area (Å²) in [6.07, 6.45) is 2.33. The van der Waals surface area contributed by atoms with E-state index in [4.69, 9.17) is 16.6 Å². The van der Waals surface area contributed by atoms with E-state index in [0.717, 1.165) is 12.8 Å². The molecule has 0 aliphatic carbocycles. The molecule has 0 saturated carbocycles. The molecule has 0 fully saturated rings. The van der Waals surface area contributed by atoms with Crippen molar-refractivity contribution in [3.63, 3.8) is 0 Å². The summed E-state index contributed by atoms with van der Waals surface area (Å²) in [6, 6.07) is -1.56. The van der Waals surface area contributed by atoms with Crippen LogP contribution in [0, 0.1) is 5.92 Å². The normalized spacial score (nSPS) is 13.0. The van der Waals surface area contributed by atoms with Crippen LogP contribution >= 0.6 is 0 Å². The first kappa shape index (κ1) is 23.8. The first-order valence-electron chi connectivity index (χ1n) is 8.69. The molecule has 0 aromatic carbocycles. The fourth-order valence-corrected chi connectivity index (χ4v) is 2.15. The first-order valence-corrected chi connectivity index (χ1v) is 8.69. The third kappa shape index (κ3) is 11.4. The second-order valence-electron chi connectivity index (χ2n) is 6.47. The number of amides is 3. The molecule has 0 aliphatic rings. The summed E-state index contributed by atoms with van der Waals surface area (Å²) in [5.74, 6) is -2.64. The van der Waals surface area contributed by atoms with E-state index in [1.807, 2.05) is 13.8 Å². The topological polar surface area (TPSA) is 177 Å². The number of carbonyl (C=O) groups is 4. The van der Waals surface area contributed by atoms with Gasteiger partial charge in [0.1, 0.15) is 12.6 Å². The van der Waals surface area contributed by atoms with Gasteiger partial charge in [-0.25, -0.2) is 0 Å². The number of nitrogens with two attached hydrogens (primary N) is 2. The zero-order valence-electron chi connectivity index (χ0n) is 15.4. The number of rotatable bonds is 13. The van der Waals surface area contributed by atoms with Crippen molar-refractivity contribution in [2.24, 2.45) is 17.4 Å². The molecule has 2 unspecified atom stereocenters. The summed E-state index contributed by atoms with van der Waals surface area (Å²) >= 11 is 0. The highest BCUT2D eigenvalue weighted by Gasteiger charge is 2.24. The first-order chi connectivity index (χ1) is 12.2. The van der Waals surface area contributed by atoms with Crippen molar-refractivity contribution < 1.29 is 24.3 Å². The molecule has 26 heavy (non-hydrogen) atoms. The third-order valence-corrected chi connectivity index (χ3v) is 3.51. The van der Waals surface area contributed by atoms with Crippen LogP contribution in [0.25, 0.3) is 0 Å². The minimum atomic E-state index is -1.18. The molecule has 10 heteroatoms. The maximum absolute atomic E-state index is 12.3. The molecule has 10 nitrogen and oxygen atoms in total. The maximum atomic E-state index is 12.3. The van der Waals surface area contributed by atoms with Crippen molar-refractivity contribution in [2.75, 3.05) is 19.6 Å². The Morgan fingerprint density at radius 1 is 1.00 bits per heavy atom. The quantitative estimate of drug-likeness (QED) is 0.208. The van der Waals surface area contributed by atoms with Gasteiger partial charge in [0.2, 0.25) is 17.7 Å². The molecule has 3 amide bonds. The van der Waals surface area contributed by atoms with E-state index < -0.39 is 42.3 Å². The smallest absolute Gasteiger partial charge is 0.322 e. The lowest BCUT2D eigenvalue weighted by molar-refractivity contribution is -0.138. The predicted octanol–water partition coefficient (Wildman–Crippen LogP) is -1.71. The number of hydrogen-bond acceptors (Lipinski definition) is 6. The van der Waals surface area contributed by atoms with E-state index in [9.17, 15) is 19.2 Å². The molecule has 8 N–H and O–H groups in total. The van der Waals surface area contributed by atoms with Gasteiger partial charge in [-0.3, -0.25) is 19.2 Å². The van der Waals surface area contributed by atoms with E-state index >= 15 is 0 Å². The Morgan fingerprint density at radius 3 is 2.19 bits per heavy atom. The van der Waals surface area contributed by atoms with Gasteiger partial charge in [-0.1, -0.05) is 20.3 Å². The average Bonchev–Trinajstić information content (AvgIpc) is 2.56. The van der Waals surface area contributed by atoms with Crippen LogP contribution in [0.4, 0.5) is 0 Å². The second-order valence-corrected chi connectivity index (χ2v) is 6.47. The van der Waals surface area contributed by atoms with E-state index in [2.05, 4.69) is 16.0 Å². The van der Waals surface area contributed by atoms with Crippen molar-refractivity contribution in [3.8, 4) is 0 Å². The molecule has 2 atom stereocenters. The number of hydrogen-bond donors (Lipinski definition) is 6. The van der Waals surface area contributed by atoms with Gasteiger partial charge in [-0.2, -0.15) is 0 Å². The van der Waals surface area contributed by atoms with Gasteiger partial charge in [-0.05, 0) is 31.7 Å². The highest BCUT2D eigenvalue weighted by Crippen LogP contribution is 2.06. The summed E-state index contributed by atoms with van der Waals surface area (Å²) in [5.41, 5.74) is 11.2. The Kier molecular flexibility index (Phi) is 12.0. The number of carbonyl (C=O) groups excluding carboxylic acids is 3.